The first kappa shape index (κ1) is 14.8. The fourth-order valence-electron chi connectivity index (χ4n) is 3.33. The number of rotatable bonds is 3. The van der Waals surface area contributed by atoms with Crippen LogP contribution in [0.2, 0.25) is 0 Å². The number of aliphatic hydroxyl groups excluding tert-OH is 1. The standard InChI is InChI=1S/C15H21NO4S/c1-10-9-16(14(15(10)18)11-3-2-4-11)21(19,20)13-7-5-12(17)6-8-13/h5-8,10-11,14-15,17-18H,2-4,9H2,1H3/t10-,14?,15+/m1/s1. The van der Waals surface area contributed by atoms with Crippen molar-refractivity contribution in [2.24, 2.45) is 11.8 Å². The van der Waals surface area contributed by atoms with Gasteiger partial charge in [-0.25, -0.2) is 8.42 Å². The minimum Gasteiger partial charge on any atom is -0.508 e. The van der Waals surface area contributed by atoms with Crippen molar-refractivity contribution in [3.8, 4) is 5.75 Å². The second-order valence-electron chi connectivity index (χ2n) is 6.22. The highest BCUT2D eigenvalue weighted by Gasteiger charge is 2.49. The smallest absolute Gasteiger partial charge is 0.243 e. The number of aromatic hydroxyl groups is 1. The molecule has 0 radical (unpaired) electrons. The van der Waals surface area contributed by atoms with Gasteiger partial charge in [0.2, 0.25) is 10.0 Å². The lowest BCUT2D eigenvalue weighted by Crippen LogP contribution is -2.46. The van der Waals surface area contributed by atoms with Crippen LogP contribution in [0.1, 0.15) is 26.2 Å². The minimum absolute atomic E-state index is 0.0410. The summed E-state index contributed by atoms with van der Waals surface area (Å²) in [4.78, 5) is 0.172. The van der Waals surface area contributed by atoms with Crippen LogP contribution in [0.4, 0.5) is 0 Å². The predicted molar refractivity (Wildman–Crippen MR) is 78.3 cm³/mol. The summed E-state index contributed by atoms with van der Waals surface area (Å²) in [6.45, 7) is 2.24. The molecule has 1 heterocycles. The third-order valence-electron chi connectivity index (χ3n) is 4.81. The van der Waals surface area contributed by atoms with Crippen LogP contribution in [0.3, 0.4) is 0 Å². The number of phenols is 1. The van der Waals surface area contributed by atoms with Crippen LogP contribution in [0.5, 0.6) is 5.75 Å². The van der Waals surface area contributed by atoms with Gasteiger partial charge in [0.15, 0.2) is 0 Å². The first-order chi connectivity index (χ1) is 9.91. The quantitative estimate of drug-likeness (QED) is 0.888. The molecule has 2 fully saturated rings. The molecule has 5 nitrogen and oxygen atoms in total. The minimum atomic E-state index is -3.63. The Hall–Kier alpha value is -1.11. The van der Waals surface area contributed by atoms with Crippen molar-refractivity contribution in [1.82, 2.24) is 4.31 Å². The largest absolute Gasteiger partial charge is 0.508 e. The van der Waals surface area contributed by atoms with Gasteiger partial charge >= 0.3 is 0 Å². The van der Waals surface area contributed by atoms with E-state index in [0.29, 0.717) is 6.54 Å². The van der Waals surface area contributed by atoms with Gasteiger partial charge in [-0.15, -0.1) is 0 Å². The van der Waals surface area contributed by atoms with Crippen LogP contribution in [-0.4, -0.2) is 41.6 Å². The third-order valence-corrected chi connectivity index (χ3v) is 6.69. The summed E-state index contributed by atoms with van der Waals surface area (Å²) >= 11 is 0. The van der Waals surface area contributed by atoms with E-state index in [1.165, 1.54) is 28.6 Å². The van der Waals surface area contributed by atoms with E-state index >= 15 is 0 Å². The molecular formula is C15H21NO4S. The number of benzene rings is 1. The van der Waals surface area contributed by atoms with Gasteiger partial charge in [0.05, 0.1) is 17.0 Å². The Morgan fingerprint density at radius 1 is 1.19 bits per heavy atom. The van der Waals surface area contributed by atoms with Gasteiger partial charge in [0.25, 0.3) is 0 Å². The van der Waals surface area contributed by atoms with E-state index < -0.39 is 16.1 Å². The van der Waals surface area contributed by atoms with Crippen molar-refractivity contribution < 1.29 is 18.6 Å². The monoisotopic (exact) mass is 311 g/mol. The van der Waals surface area contributed by atoms with Gasteiger partial charge in [-0.2, -0.15) is 4.31 Å². The maximum absolute atomic E-state index is 12.8. The van der Waals surface area contributed by atoms with Crippen molar-refractivity contribution >= 4 is 10.0 Å². The molecule has 1 aliphatic carbocycles. The van der Waals surface area contributed by atoms with E-state index in [9.17, 15) is 18.6 Å². The first-order valence-corrected chi connectivity index (χ1v) is 8.84. The van der Waals surface area contributed by atoms with Gasteiger partial charge < -0.3 is 10.2 Å². The number of aliphatic hydroxyl groups is 1. The molecule has 1 saturated heterocycles. The number of sulfonamides is 1. The van der Waals surface area contributed by atoms with E-state index in [2.05, 4.69) is 0 Å². The van der Waals surface area contributed by atoms with Crippen molar-refractivity contribution in [1.29, 1.82) is 0 Å². The average molecular weight is 311 g/mol. The Morgan fingerprint density at radius 2 is 1.81 bits per heavy atom. The van der Waals surface area contributed by atoms with Crippen molar-refractivity contribution in [2.75, 3.05) is 6.54 Å². The molecule has 1 aliphatic heterocycles. The topological polar surface area (TPSA) is 77.8 Å². The van der Waals surface area contributed by atoms with Crippen molar-refractivity contribution in [3.05, 3.63) is 24.3 Å². The molecule has 6 heteroatoms. The van der Waals surface area contributed by atoms with E-state index in [4.69, 9.17) is 0 Å². The summed E-state index contributed by atoms with van der Waals surface area (Å²) in [6, 6.07) is 5.27. The highest BCUT2D eigenvalue weighted by Crippen LogP contribution is 2.41. The number of hydrogen-bond donors (Lipinski definition) is 2. The lowest BCUT2D eigenvalue weighted by atomic mass is 9.77. The molecule has 116 valence electrons. The van der Waals surface area contributed by atoms with Crippen LogP contribution in [-0.2, 0) is 10.0 Å². The highest BCUT2D eigenvalue weighted by molar-refractivity contribution is 7.89. The Morgan fingerprint density at radius 3 is 2.33 bits per heavy atom. The SMILES string of the molecule is C[C@@H]1CN(S(=O)(=O)c2ccc(O)cc2)C(C2CCC2)[C@H]1O. The van der Waals surface area contributed by atoms with E-state index in [-0.39, 0.29) is 28.5 Å². The summed E-state index contributed by atoms with van der Waals surface area (Å²) in [7, 11) is -3.63. The third kappa shape index (κ3) is 2.45. The number of nitrogens with zero attached hydrogens (tertiary/aromatic N) is 1. The Balaban J connectivity index is 1.94. The Bertz CT molecular complexity index is 609. The molecule has 1 aromatic carbocycles. The maximum Gasteiger partial charge on any atom is 0.243 e. The molecule has 3 atom stereocenters. The first-order valence-electron chi connectivity index (χ1n) is 7.40. The molecule has 0 spiro atoms. The van der Waals surface area contributed by atoms with Gasteiger partial charge in [-0.05, 0) is 48.9 Å². The molecule has 1 unspecified atom stereocenters. The summed E-state index contributed by atoms with van der Waals surface area (Å²) in [5.41, 5.74) is 0. The lowest BCUT2D eigenvalue weighted by Gasteiger charge is -2.37. The van der Waals surface area contributed by atoms with E-state index in [1.807, 2.05) is 6.92 Å². The Labute approximate surface area is 125 Å². The number of hydrogen-bond acceptors (Lipinski definition) is 4. The molecule has 1 saturated carbocycles. The second-order valence-corrected chi connectivity index (χ2v) is 8.11. The molecule has 0 amide bonds. The van der Waals surface area contributed by atoms with Crippen molar-refractivity contribution in [2.45, 2.75) is 43.2 Å². The average Bonchev–Trinajstić information content (AvgIpc) is 2.67. The second kappa shape index (κ2) is 5.26. The van der Waals surface area contributed by atoms with Crippen LogP contribution in [0, 0.1) is 11.8 Å². The van der Waals surface area contributed by atoms with Crippen LogP contribution in [0.25, 0.3) is 0 Å². The molecule has 1 aromatic rings. The molecule has 3 rings (SSSR count). The van der Waals surface area contributed by atoms with E-state index in [1.54, 1.807) is 0 Å². The number of phenolic OH excluding ortho intramolecular Hbond substituents is 1. The molecule has 21 heavy (non-hydrogen) atoms. The molecule has 2 N–H and O–H groups in total. The van der Waals surface area contributed by atoms with Gasteiger partial charge in [0, 0.05) is 6.54 Å². The fraction of sp³-hybridized carbons (Fsp3) is 0.600. The van der Waals surface area contributed by atoms with E-state index in [0.717, 1.165) is 19.3 Å². The van der Waals surface area contributed by atoms with Crippen LogP contribution >= 0.6 is 0 Å². The normalized spacial score (nSPS) is 31.2. The molecule has 0 bridgehead atoms. The summed E-state index contributed by atoms with van der Waals surface area (Å²) in [5, 5.41) is 19.7. The summed E-state index contributed by atoms with van der Waals surface area (Å²) < 4.78 is 27.1. The summed E-state index contributed by atoms with van der Waals surface area (Å²) in [5.74, 6) is 0.249. The molecular weight excluding hydrogens is 290 g/mol. The maximum atomic E-state index is 12.8. The zero-order valence-electron chi connectivity index (χ0n) is 12.0. The van der Waals surface area contributed by atoms with Gasteiger partial charge in [-0.3, -0.25) is 0 Å². The zero-order valence-corrected chi connectivity index (χ0v) is 12.8. The van der Waals surface area contributed by atoms with Gasteiger partial charge in [-0.1, -0.05) is 13.3 Å². The van der Waals surface area contributed by atoms with Crippen LogP contribution in [0.15, 0.2) is 29.2 Å². The molecule has 0 aromatic heterocycles. The lowest BCUT2D eigenvalue weighted by molar-refractivity contribution is 0.0602. The highest BCUT2D eigenvalue weighted by atomic mass is 32.2. The van der Waals surface area contributed by atoms with Crippen molar-refractivity contribution in [3.63, 3.8) is 0 Å². The summed E-state index contributed by atoms with van der Waals surface area (Å²) in [6.07, 6.45) is 2.48. The Kier molecular flexibility index (Phi) is 3.71. The molecule has 2 aliphatic rings. The van der Waals surface area contributed by atoms with Crippen LogP contribution < -0.4 is 0 Å². The van der Waals surface area contributed by atoms with Gasteiger partial charge in [0.1, 0.15) is 5.75 Å². The predicted octanol–water partition coefficient (Wildman–Crippen LogP) is 1.56. The fourth-order valence-corrected chi connectivity index (χ4v) is 5.13. The zero-order chi connectivity index (χ0) is 15.2.